The number of aromatic hydroxyl groups is 1. The van der Waals surface area contributed by atoms with Gasteiger partial charge in [-0.25, -0.2) is 19.6 Å². The van der Waals surface area contributed by atoms with Crippen molar-refractivity contribution in [3.63, 3.8) is 0 Å². The van der Waals surface area contributed by atoms with Crippen LogP contribution in [0, 0.1) is 11.8 Å². The molecule has 2 aromatic heterocycles. The van der Waals surface area contributed by atoms with Crippen molar-refractivity contribution in [2.75, 3.05) is 0 Å². The van der Waals surface area contributed by atoms with Gasteiger partial charge in [-0.2, -0.15) is 0 Å². The number of nitrogens with one attached hydrogen (secondary N) is 4. The number of aromatic nitrogens is 4. The Morgan fingerprint density at radius 2 is 1.06 bits per heavy atom. The maximum atomic E-state index is 13.7. The average Bonchev–Trinajstić information content (AvgIpc) is 3.65. The van der Waals surface area contributed by atoms with E-state index < -0.39 is 73.8 Å². The fourth-order valence-corrected chi connectivity index (χ4v) is 8.92. The zero-order valence-electron chi connectivity index (χ0n) is 45.5. The van der Waals surface area contributed by atoms with Crippen LogP contribution in [0.3, 0.4) is 0 Å². The van der Waals surface area contributed by atoms with Gasteiger partial charge in [-0.1, -0.05) is 149 Å². The first-order chi connectivity index (χ1) is 39.4. The van der Waals surface area contributed by atoms with Gasteiger partial charge in [-0.3, -0.25) is 29.1 Å². The zero-order chi connectivity index (χ0) is 58.7. The third-order valence-corrected chi connectivity index (χ3v) is 12.9. The van der Waals surface area contributed by atoms with Crippen molar-refractivity contribution in [1.29, 1.82) is 0 Å². The van der Waals surface area contributed by atoms with E-state index in [0.717, 1.165) is 27.3 Å². The molecule has 22 heteroatoms. The number of hydrogen-bond acceptors (Lipinski definition) is 15. The Bertz CT molecular complexity index is 3460. The van der Waals surface area contributed by atoms with Crippen LogP contribution in [0.4, 0.5) is 0 Å². The molecule has 0 radical (unpaired) electrons. The van der Waals surface area contributed by atoms with E-state index in [1.54, 1.807) is 24.3 Å². The number of hydrogen-bond donors (Lipinski definition) is 8. The van der Waals surface area contributed by atoms with Crippen LogP contribution in [0.25, 0.3) is 21.5 Å². The molecule has 0 fully saturated rings. The van der Waals surface area contributed by atoms with Crippen molar-refractivity contribution in [3.05, 3.63) is 204 Å². The van der Waals surface area contributed by atoms with Crippen molar-refractivity contribution >= 4 is 71.3 Å². The highest BCUT2D eigenvalue weighted by atomic mass is 16.6. The number of aromatic carboxylic acids is 1. The summed E-state index contributed by atoms with van der Waals surface area (Å²) < 4.78 is 12.0. The van der Waals surface area contributed by atoms with E-state index in [0.29, 0.717) is 29.5 Å². The molecule has 9 rings (SSSR count). The van der Waals surface area contributed by atoms with Gasteiger partial charge in [0.25, 0.3) is 11.8 Å². The van der Waals surface area contributed by atoms with Crippen LogP contribution in [0.2, 0.25) is 0 Å². The Morgan fingerprint density at radius 3 is 1.56 bits per heavy atom. The third-order valence-electron chi connectivity index (χ3n) is 12.9. The van der Waals surface area contributed by atoms with Crippen LogP contribution in [0.1, 0.15) is 93.4 Å². The lowest BCUT2D eigenvalue weighted by Gasteiger charge is -2.31. The number of fused-ring (bicyclic) bond motifs is 4. The lowest BCUT2D eigenvalue weighted by Crippen LogP contribution is -2.58. The molecule has 0 unspecified atom stereocenters. The van der Waals surface area contributed by atoms with Gasteiger partial charge in [0.2, 0.25) is 11.8 Å². The minimum Gasteiger partial charge on any atom is -0.523 e. The predicted octanol–water partition coefficient (Wildman–Crippen LogP) is 6.38. The number of carbonyl (C=O) groups is 6. The number of carboxylic acids is 1. The van der Waals surface area contributed by atoms with Gasteiger partial charge in [0.15, 0.2) is 0 Å². The Labute approximate surface area is 474 Å². The van der Waals surface area contributed by atoms with Gasteiger partial charge in [-0.05, 0) is 58.7 Å². The van der Waals surface area contributed by atoms with Gasteiger partial charge in [0.05, 0.1) is 29.8 Å². The second kappa shape index (κ2) is 29.1. The highest BCUT2D eigenvalue weighted by Crippen LogP contribution is 2.35. The van der Waals surface area contributed by atoms with Crippen molar-refractivity contribution in [2.45, 2.75) is 77.3 Å². The van der Waals surface area contributed by atoms with Gasteiger partial charge >= 0.3 is 26.2 Å². The number of carboxylic acid groups (broad SMARTS) is 1. The number of nitrogens with zero attached hydrogens (tertiary/aromatic N) is 4. The van der Waals surface area contributed by atoms with Crippen LogP contribution in [-0.4, -0.2) is 114 Å². The van der Waals surface area contributed by atoms with Crippen molar-refractivity contribution in [3.8, 4) is 11.5 Å². The topological polar surface area (TPSA) is 301 Å². The van der Waals surface area contributed by atoms with Crippen LogP contribution in [-0.2, 0) is 27.1 Å². The summed E-state index contributed by atoms with van der Waals surface area (Å²) in [6, 6.07) is 38.1. The molecule has 8 aromatic rings. The van der Waals surface area contributed by atoms with E-state index in [1.807, 2.05) is 131 Å². The molecule has 3 heterocycles. The van der Waals surface area contributed by atoms with Crippen molar-refractivity contribution in [2.24, 2.45) is 11.8 Å². The largest absolute Gasteiger partial charge is 0.620 e. The van der Waals surface area contributed by atoms with E-state index in [9.17, 15) is 43.9 Å². The van der Waals surface area contributed by atoms with E-state index in [4.69, 9.17) is 14.4 Å². The molecule has 4 amide bonds. The van der Waals surface area contributed by atoms with Crippen LogP contribution in [0.15, 0.2) is 171 Å². The second-order valence-corrected chi connectivity index (χ2v) is 20.1. The summed E-state index contributed by atoms with van der Waals surface area (Å²) in [6.45, 7) is 7.84. The van der Waals surface area contributed by atoms with Gasteiger partial charge < -0.3 is 50.8 Å². The first-order valence-corrected chi connectivity index (χ1v) is 26.5. The lowest BCUT2D eigenvalue weighted by atomic mass is 9.72. The molecule has 420 valence electrons. The monoisotopic (exact) mass is 1110 g/mol. The maximum absolute atomic E-state index is 13.7. The summed E-state index contributed by atoms with van der Waals surface area (Å²) in [4.78, 5) is 91.4. The van der Waals surface area contributed by atoms with E-state index in [-0.39, 0.29) is 47.4 Å². The minimum absolute atomic E-state index is 0.0660. The summed E-state index contributed by atoms with van der Waals surface area (Å²) >= 11 is 0. The first kappa shape index (κ1) is 60.1. The molecule has 1 aliphatic heterocycles. The number of amides is 4. The van der Waals surface area contributed by atoms with E-state index in [2.05, 4.69) is 41.2 Å². The van der Waals surface area contributed by atoms with Crippen LogP contribution >= 0.6 is 0 Å². The van der Waals surface area contributed by atoms with Crippen LogP contribution < -0.4 is 25.9 Å². The molecule has 0 bridgehead atoms. The number of phenols is 1. The quantitative estimate of drug-likeness (QED) is 0.0407. The van der Waals surface area contributed by atoms with Crippen LogP contribution in [0.5, 0.6) is 11.5 Å². The van der Waals surface area contributed by atoms with Gasteiger partial charge in [0.1, 0.15) is 40.5 Å². The predicted molar refractivity (Wildman–Crippen MR) is 308 cm³/mol. The lowest BCUT2D eigenvalue weighted by molar-refractivity contribution is -0.124. The van der Waals surface area contributed by atoms with Crippen molar-refractivity contribution < 1.29 is 58.3 Å². The highest BCUT2D eigenvalue weighted by molar-refractivity contribution is 6.52. The molecule has 0 saturated heterocycles. The molecular formula is C60H62B2N8O12. The molecule has 1 aliphatic rings. The first-order valence-electron chi connectivity index (χ1n) is 26.5. The standard InChI is InChI=1S/C30H29BN4O5.C19H25BN4O4.C11H8O3/c1-19(2)16-26(31-39-27-22-11-7-6-10-21(22)12-13-23(27)30(38)40-31)35-28(36)24(17-20-8-4-3-5-9-20)34-29(37)25-18-32-14-15-33-25;1-13(2)10-17(20(27)28)24-18(25)15(11-14-6-4-3-5-7-14)23-19(26)16-12-21-8-9-22-16;12-10-8-4-2-1-3-7(8)5-6-9(10)11(13)14/h3-15,18-19,24,26H,16-17H2,1-2H3,(H,34,37)(H,35,36);3-9,12-13,15,17,27-28H,10-11H2,1-2H3,(H,23,26)(H,24,25);1-6,12H,(H,13,14)/t24-,26-;15-,17-;/m00./s1. The molecule has 6 aromatic carbocycles. The molecule has 0 aliphatic carbocycles. The number of rotatable bonds is 19. The van der Waals surface area contributed by atoms with Crippen molar-refractivity contribution in [1.82, 2.24) is 41.2 Å². The van der Waals surface area contributed by atoms with Gasteiger partial charge in [0, 0.05) is 48.4 Å². The summed E-state index contributed by atoms with van der Waals surface area (Å²) in [5.41, 5.74) is 2.18. The molecule has 82 heavy (non-hydrogen) atoms. The third kappa shape index (κ3) is 16.8. The molecule has 0 saturated carbocycles. The summed E-state index contributed by atoms with van der Waals surface area (Å²) in [5, 5.41) is 51.7. The summed E-state index contributed by atoms with van der Waals surface area (Å²) in [6.07, 6.45) is 9.72. The number of benzene rings is 6. The minimum atomic E-state index is -1.69. The molecule has 8 N–H and O–H groups in total. The summed E-state index contributed by atoms with van der Waals surface area (Å²) in [5.74, 6) is -4.58. The fraction of sp³-hybridized carbons (Fsp3) is 0.233. The van der Waals surface area contributed by atoms with Gasteiger partial charge in [-0.15, -0.1) is 0 Å². The highest BCUT2D eigenvalue weighted by Gasteiger charge is 2.44. The maximum Gasteiger partial charge on any atom is 0.620 e. The number of carbonyl (C=O) groups excluding carboxylic acids is 5. The fourth-order valence-electron chi connectivity index (χ4n) is 8.92. The summed E-state index contributed by atoms with van der Waals surface area (Å²) in [7, 11) is -2.75. The Morgan fingerprint density at radius 1 is 0.573 bits per heavy atom. The molecule has 4 atom stereocenters. The van der Waals surface area contributed by atoms with E-state index >= 15 is 0 Å². The normalized spacial score (nSPS) is 13.0. The SMILES string of the molecule is CC(C)C[C@H](NC(=O)[C@H](Cc1ccccc1)NC(=O)c1cnccn1)B(O)O.CC(C)C[C@H](NC(=O)[C@H](Cc1ccccc1)NC(=O)c1cnccn1)B1OC(=O)c2ccc3ccccc3c2O1.O=C(O)c1ccc2ccccc2c1O. The molecule has 20 nitrogen and oxygen atoms in total. The van der Waals surface area contributed by atoms with E-state index in [1.165, 1.54) is 43.2 Å². The Hall–Kier alpha value is -9.53. The average molecular weight is 1110 g/mol. The zero-order valence-corrected chi connectivity index (χ0v) is 45.5. The Balaban J connectivity index is 0.000000199. The second-order valence-electron chi connectivity index (χ2n) is 20.1. The smallest absolute Gasteiger partial charge is 0.523 e. The molecular weight excluding hydrogens is 1050 g/mol. The molecule has 0 spiro atoms. The Kier molecular flexibility index (Phi) is 21.3.